The van der Waals surface area contributed by atoms with E-state index in [-0.39, 0.29) is 31.5 Å². The molecule has 0 aliphatic carbocycles. The molecule has 3 unspecified atom stereocenters. The number of phosphoric ester groups is 1. The molecule has 0 aromatic carbocycles. The number of amides is 1. The molecule has 0 heterocycles. The molecule has 0 saturated carbocycles. The van der Waals surface area contributed by atoms with Gasteiger partial charge < -0.3 is 28.5 Å². The van der Waals surface area contributed by atoms with Crippen LogP contribution in [0.3, 0.4) is 0 Å². The van der Waals surface area contributed by atoms with E-state index in [1.807, 2.05) is 33.3 Å². The van der Waals surface area contributed by atoms with Gasteiger partial charge in [0.2, 0.25) is 5.91 Å². The van der Waals surface area contributed by atoms with Crippen molar-refractivity contribution in [2.45, 2.75) is 315 Å². The third-order valence-corrected chi connectivity index (χ3v) is 15.0. The number of quaternary nitrogens is 1. The summed E-state index contributed by atoms with van der Waals surface area (Å²) in [4.78, 5) is 39.8. The van der Waals surface area contributed by atoms with Crippen molar-refractivity contribution in [1.29, 1.82) is 0 Å². The first kappa shape index (κ1) is 71.2. The predicted molar refractivity (Wildman–Crippen MR) is 312 cm³/mol. The summed E-state index contributed by atoms with van der Waals surface area (Å²) in [7, 11) is 1.19. The van der Waals surface area contributed by atoms with Gasteiger partial charge in [-0.05, 0) is 76.7 Å². The molecule has 10 heteroatoms. The third-order valence-electron chi connectivity index (χ3n) is 14.0. The molecule has 0 bridgehead atoms. The zero-order valence-electron chi connectivity index (χ0n) is 49.1. The molecule has 430 valence electrons. The van der Waals surface area contributed by atoms with Gasteiger partial charge in [-0.25, -0.2) is 0 Å². The highest BCUT2D eigenvalue weighted by molar-refractivity contribution is 7.45. The highest BCUT2D eigenvalue weighted by Gasteiger charge is 2.27. The molecule has 0 spiro atoms. The fourth-order valence-corrected chi connectivity index (χ4v) is 9.87. The summed E-state index contributed by atoms with van der Waals surface area (Å²) >= 11 is 0. The Kier molecular flexibility index (Phi) is 52.3. The van der Waals surface area contributed by atoms with Crippen molar-refractivity contribution in [2.24, 2.45) is 0 Å². The van der Waals surface area contributed by atoms with Crippen molar-refractivity contribution in [3.63, 3.8) is 0 Å². The molecule has 0 aliphatic heterocycles. The maximum atomic E-state index is 13.4. The maximum Gasteiger partial charge on any atom is 0.306 e. The number of likely N-dealkylation sites (N-methyl/N-ethyl adjacent to an activating group) is 1. The summed E-state index contributed by atoms with van der Waals surface area (Å²) in [6.07, 6.45) is 64.1. The fourth-order valence-electron chi connectivity index (χ4n) is 9.15. The first-order chi connectivity index (χ1) is 35.4. The Morgan fingerprint density at radius 3 is 1.21 bits per heavy atom. The van der Waals surface area contributed by atoms with Crippen molar-refractivity contribution < 1.29 is 37.3 Å². The van der Waals surface area contributed by atoms with Crippen LogP contribution in [0.5, 0.6) is 0 Å². The van der Waals surface area contributed by atoms with Crippen molar-refractivity contribution in [3.05, 3.63) is 36.5 Å². The van der Waals surface area contributed by atoms with Crippen molar-refractivity contribution >= 4 is 19.7 Å². The minimum Gasteiger partial charge on any atom is -0.756 e. The minimum atomic E-state index is -4.69. The van der Waals surface area contributed by atoms with Gasteiger partial charge in [0, 0.05) is 12.8 Å². The van der Waals surface area contributed by atoms with Crippen LogP contribution in [0.2, 0.25) is 0 Å². The van der Waals surface area contributed by atoms with Crippen LogP contribution in [0.1, 0.15) is 303 Å². The number of nitrogens with zero attached hydrogens (tertiary/aromatic N) is 1. The Morgan fingerprint density at radius 2 is 0.808 bits per heavy atom. The number of allylic oxidation sites excluding steroid dienone is 5. The van der Waals surface area contributed by atoms with E-state index in [1.54, 1.807) is 0 Å². The second kappa shape index (κ2) is 53.6. The minimum absolute atomic E-state index is 0.0220. The van der Waals surface area contributed by atoms with E-state index in [4.69, 9.17) is 13.8 Å². The summed E-state index contributed by atoms with van der Waals surface area (Å²) in [5, 5.41) is 3.01. The van der Waals surface area contributed by atoms with Gasteiger partial charge in [0.05, 0.1) is 33.8 Å². The lowest BCUT2D eigenvalue weighted by Crippen LogP contribution is -2.47. The highest BCUT2D eigenvalue weighted by Crippen LogP contribution is 2.38. The summed E-state index contributed by atoms with van der Waals surface area (Å²) in [5.41, 5.74) is 0. The number of phosphoric acid groups is 1. The van der Waals surface area contributed by atoms with Crippen LogP contribution in [0.4, 0.5) is 0 Å². The monoisotopic (exact) mass is 1050 g/mol. The van der Waals surface area contributed by atoms with Gasteiger partial charge in [-0.15, -0.1) is 0 Å². The van der Waals surface area contributed by atoms with Gasteiger partial charge in [-0.2, -0.15) is 0 Å². The zero-order chi connectivity index (χ0) is 53.6. The molecule has 0 aromatic heterocycles. The van der Waals surface area contributed by atoms with E-state index in [1.165, 1.54) is 186 Å². The Morgan fingerprint density at radius 1 is 0.466 bits per heavy atom. The predicted octanol–water partition coefficient (Wildman–Crippen LogP) is 18.5. The van der Waals surface area contributed by atoms with Crippen LogP contribution >= 0.6 is 7.82 Å². The van der Waals surface area contributed by atoms with E-state index in [9.17, 15) is 19.0 Å². The van der Waals surface area contributed by atoms with Crippen LogP contribution in [0.15, 0.2) is 36.5 Å². The van der Waals surface area contributed by atoms with Gasteiger partial charge in [-0.1, -0.05) is 250 Å². The number of unbranched alkanes of at least 4 members (excludes halogenated alkanes) is 37. The SMILES string of the molecule is CCCC/C=C\CCCCCCCC(=O)NC(COP(=O)([O-])OCC[N+](C)(C)C)C(/C=C\CCCCCCCCCCC)OC(=O)CCCCCCCCCCCCCCCCC/C=C/CCCCCCCC. The summed E-state index contributed by atoms with van der Waals surface area (Å²) in [5.74, 6) is -0.543. The van der Waals surface area contributed by atoms with Crippen LogP contribution in [0, 0.1) is 0 Å². The molecule has 1 amide bonds. The number of carbonyl (C=O) groups is 2. The Balaban J connectivity index is 5.00. The second-order valence-corrected chi connectivity index (χ2v) is 24.0. The lowest BCUT2D eigenvalue weighted by Gasteiger charge is -2.30. The van der Waals surface area contributed by atoms with E-state index in [0.717, 1.165) is 83.5 Å². The second-order valence-electron chi connectivity index (χ2n) is 22.6. The molecule has 73 heavy (non-hydrogen) atoms. The van der Waals surface area contributed by atoms with E-state index in [0.29, 0.717) is 17.4 Å². The fraction of sp³-hybridized carbons (Fsp3) is 0.873. The van der Waals surface area contributed by atoms with Crippen LogP contribution < -0.4 is 10.2 Å². The smallest absolute Gasteiger partial charge is 0.306 e. The number of hydrogen-bond donors (Lipinski definition) is 1. The molecule has 1 N–H and O–H groups in total. The van der Waals surface area contributed by atoms with Gasteiger partial charge in [-0.3, -0.25) is 14.2 Å². The molecule has 0 rings (SSSR count). The van der Waals surface area contributed by atoms with Crippen LogP contribution in [0.25, 0.3) is 0 Å². The molecular weight excluding hydrogens is 928 g/mol. The van der Waals surface area contributed by atoms with Crippen molar-refractivity contribution in [3.8, 4) is 0 Å². The molecule has 0 radical (unpaired) electrons. The van der Waals surface area contributed by atoms with E-state index in [2.05, 4.69) is 50.4 Å². The number of ether oxygens (including phenoxy) is 1. The summed E-state index contributed by atoms with van der Waals surface area (Å²) in [6, 6.07) is -0.887. The number of esters is 1. The average molecular weight is 1050 g/mol. The number of hydrogen-bond acceptors (Lipinski definition) is 7. The van der Waals surface area contributed by atoms with Gasteiger partial charge >= 0.3 is 5.97 Å². The molecular formula is C63H121N2O7P. The highest BCUT2D eigenvalue weighted by atomic mass is 31.2. The van der Waals surface area contributed by atoms with Crippen LogP contribution in [-0.4, -0.2) is 69.4 Å². The Hall–Kier alpha value is -1.77. The average Bonchev–Trinajstić information content (AvgIpc) is 3.35. The quantitative estimate of drug-likeness (QED) is 0.0212. The van der Waals surface area contributed by atoms with Gasteiger partial charge in [0.15, 0.2) is 0 Å². The lowest BCUT2D eigenvalue weighted by molar-refractivity contribution is -0.870. The lowest BCUT2D eigenvalue weighted by atomic mass is 10.0. The van der Waals surface area contributed by atoms with E-state index < -0.39 is 20.0 Å². The topological polar surface area (TPSA) is 114 Å². The van der Waals surface area contributed by atoms with Crippen molar-refractivity contribution in [1.82, 2.24) is 5.32 Å². The number of nitrogens with one attached hydrogen (secondary N) is 1. The third kappa shape index (κ3) is 54.8. The molecule has 0 aromatic rings. The number of carbonyl (C=O) groups excluding carboxylic acids is 2. The molecule has 0 saturated heterocycles. The number of rotatable bonds is 57. The Bertz CT molecular complexity index is 1350. The van der Waals surface area contributed by atoms with Crippen molar-refractivity contribution in [2.75, 3.05) is 40.9 Å². The largest absolute Gasteiger partial charge is 0.756 e. The first-order valence-electron chi connectivity index (χ1n) is 31.3. The maximum absolute atomic E-state index is 13.4. The van der Waals surface area contributed by atoms with Gasteiger partial charge in [0.25, 0.3) is 7.82 Å². The Labute approximate surface area is 453 Å². The van der Waals surface area contributed by atoms with E-state index >= 15 is 0 Å². The standard InChI is InChI=1S/C63H121N2O7P/c1-7-10-13-16-19-22-25-26-27-28-29-30-31-32-33-34-35-36-37-38-41-44-47-50-53-56-63(67)72-61(54-51-48-45-42-39-23-20-17-14-11-8-2)60(59-71-73(68,69)70-58-57-65(4,5)6)64-62(66)55-52-49-46-43-40-24-21-18-15-12-9-3/h18,21,26-27,51,54,60-61H,7-17,19-20,22-25,28-50,52-53,55-59H2,1-6H3,(H-,64,66,68,69)/b21-18-,27-26+,54-51-. The molecule has 0 aliphatic rings. The molecule has 9 nitrogen and oxygen atoms in total. The van der Waals surface area contributed by atoms with Crippen LogP contribution in [-0.2, 0) is 27.9 Å². The normalized spacial score (nSPS) is 13.9. The zero-order valence-corrected chi connectivity index (χ0v) is 50.0. The molecule has 3 atom stereocenters. The summed E-state index contributed by atoms with van der Waals surface area (Å²) < 4.78 is 30.2. The van der Waals surface area contributed by atoms with Gasteiger partial charge in [0.1, 0.15) is 19.3 Å². The molecule has 0 fully saturated rings. The summed E-state index contributed by atoms with van der Waals surface area (Å²) in [6.45, 7) is 6.81. The first-order valence-corrected chi connectivity index (χ1v) is 32.8.